The Morgan fingerprint density at radius 3 is 2.31 bits per heavy atom. The molecule has 2 amide bonds. The molecule has 0 unspecified atom stereocenters. The maximum absolute atomic E-state index is 13.2. The molecule has 0 aromatic heterocycles. The van der Waals surface area contributed by atoms with E-state index in [1.54, 1.807) is 4.90 Å². The van der Waals surface area contributed by atoms with Crippen LogP contribution in [0.25, 0.3) is 4.85 Å². The molecule has 2 aromatic rings. The second-order valence-corrected chi connectivity index (χ2v) is 8.91. The lowest BCUT2D eigenvalue weighted by Gasteiger charge is -2.36. The van der Waals surface area contributed by atoms with Crippen LogP contribution in [0, 0.1) is 6.57 Å². The zero-order valence-electron chi connectivity index (χ0n) is 18.5. The number of fused-ring (bicyclic) bond motifs is 2. The van der Waals surface area contributed by atoms with Crippen LogP contribution in [0.4, 0.5) is 0 Å². The summed E-state index contributed by atoms with van der Waals surface area (Å²) >= 11 is 0. The fourth-order valence-electron chi connectivity index (χ4n) is 5.38. The number of amides is 2. The number of carbonyl (C=O) groups excluding carboxylic acids is 2. The number of nitrogens with two attached hydrogens (primary N) is 1. The molecular weight excluding hydrogens is 400 g/mol. The first-order chi connectivity index (χ1) is 15.5. The highest BCUT2D eigenvalue weighted by molar-refractivity contribution is 5.92. The van der Waals surface area contributed by atoms with E-state index < -0.39 is 5.41 Å². The van der Waals surface area contributed by atoms with E-state index in [0.29, 0.717) is 13.0 Å². The minimum Gasteiger partial charge on any atom is -0.369 e. The summed E-state index contributed by atoms with van der Waals surface area (Å²) in [5.41, 5.74) is 9.41. The van der Waals surface area contributed by atoms with Crippen LogP contribution in [0.2, 0.25) is 0 Å². The van der Waals surface area contributed by atoms with E-state index in [4.69, 9.17) is 12.3 Å². The van der Waals surface area contributed by atoms with E-state index in [1.807, 2.05) is 43.3 Å². The molecule has 2 aromatic carbocycles. The summed E-state index contributed by atoms with van der Waals surface area (Å²) < 4.78 is 0. The Kier molecular flexibility index (Phi) is 6.29. The van der Waals surface area contributed by atoms with Crippen molar-refractivity contribution in [2.24, 2.45) is 5.73 Å². The number of primary amides is 1. The molecule has 0 saturated carbocycles. The molecule has 0 bridgehead atoms. The Morgan fingerprint density at radius 1 is 1.16 bits per heavy atom. The van der Waals surface area contributed by atoms with Gasteiger partial charge in [0.05, 0.1) is 6.54 Å². The molecule has 1 heterocycles. The molecule has 1 aliphatic carbocycles. The summed E-state index contributed by atoms with van der Waals surface area (Å²) in [7, 11) is 0. The van der Waals surface area contributed by atoms with Crippen LogP contribution in [0.3, 0.4) is 0 Å². The van der Waals surface area contributed by atoms with Gasteiger partial charge in [-0.1, -0.05) is 48.5 Å². The Bertz CT molecular complexity index is 1010. The normalized spacial score (nSPS) is 19.9. The molecule has 32 heavy (non-hydrogen) atoms. The number of rotatable bonds is 6. The van der Waals surface area contributed by atoms with Gasteiger partial charge < -0.3 is 11.1 Å². The van der Waals surface area contributed by atoms with Gasteiger partial charge in [-0.3, -0.25) is 19.3 Å². The van der Waals surface area contributed by atoms with Crippen LogP contribution in [0.1, 0.15) is 48.4 Å². The first-order valence-electron chi connectivity index (χ1n) is 11.3. The SMILES string of the molecule is [C-]#[N+][C@@H]1CCCN1C(=O)CN[C@@H](C)CC1(C(N)=O)c2ccccc2CCc2ccccc21. The molecule has 1 saturated heterocycles. The number of hydrogen-bond acceptors (Lipinski definition) is 3. The average molecular weight is 431 g/mol. The standard InChI is InChI=1S/C26H30N4O2/c1-18(29-17-24(31)30-15-7-12-23(30)28-2)16-26(25(27)32)21-10-5-3-8-19(21)13-14-20-9-4-6-11-22(20)26/h3-6,8-11,18,23,29H,7,12-17H2,1H3,(H2,27,32)/t18-,23-/m0/s1. The maximum atomic E-state index is 13.2. The van der Waals surface area contributed by atoms with Crippen LogP contribution < -0.4 is 11.1 Å². The van der Waals surface area contributed by atoms with E-state index in [0.717, 1.165) is 47.9 Å². The van der Waals surface area contributed by atoms with Gasteiger partial charge in [-0.15, -0.1) is 0 Å². The van der Waals surface area contributed by atoms with Gasteiger partial charge in [-0.25, -0.2) is 6.57 Å². The van der Waals surface area contributed by atoms with Gasteiger partial charge in [0, 0.05) is 19.0 Å². The first kappa shape index (κ1) is 22.0. The van der Waals surface area contributed by atoms with Crippen molar-refractivity contribution in [3.63, 3.8) is 0 Å². The Balaban J connectivity index is 1.62. The van der Waals surface area contributed by atoms with Gasteiger partial charge in [0.25, 0.3) is 0 Å². The lowest BCUT2D eigenvalue weighted by atomic mass is 9.68. The van der Waals surface area contributed by atoms with Gasteiger partial charge in [-0.2, -0.15) is 0 Å². The van der Waals surface area contributed by atoms with E-state index in [1.165, 1.54) is 0 Å². The predicted molar refractivity (Wildman–Crippen MR) is 124 cm³/mol. The molecule has 0 radical (unpaired) electrons. The molecule has 0 spiro atoms. The van der Waals surface area contributed by atoms with Crippen molar-refractivity contribution in [2.75, 3.05) is 13.1 Å². The fraction of sp³-hybridized carbons (Fsp3) is 0.423. The van der Waals surface area contributed by atoms with Gasteiger partial charge in [0.2, 0.25) is 11.8 Å². The highest BCUT2D eigenvalue weighted by atomic mass is 16.2. The molecule has 6 heteroatoms. The number of nitrogens with one attached hydrogen (secondary N) is 1. The van der Waals surface area contributed by atoms with Gasteiger partial charge in [0.15, 0.2) is 0 Å². The highest BCUT2D eigenvalue weighted by Gasteiger charge is 2.45. The smallest absolute Gasteiger partial charge is 0.300 e. The summed E-state index contributed by atoms with van der Waals surface area (Å²) in [5.74, 6) is -0.433. The van der Waals surface area contributed by atoms with E-state index in [2.05, 4.69) is 22.3 Å². The minimum atomic E-state index is -0.966. The summed E-state index contributed by atoms with van der Waals surface area (Å²) in [5, 5.41) is 3.31. The number of benzene rings is 2. The summed E-state index contributed by atoms with van der Waals surface area (Å²) in [6.45, 7) is 10.1. The third kappa shape index (κ3) is 3.89. The van der Waals surface area contributed by atoms with Crippen LogP contribution in [-0.2, 0) is 27.8 Å². The molecule has 4 rings (SSSR count). The number of nitrogens with zero attached hydrogens (tertiary/aromatic N) is 2. The molecule has 2 atom stereocenters. The van der Waals surface area contributed by atoms with Crippen molar-refractivity contribution in [1.29, 1.82) is 0 Å². The topological polar surface area (TPSA) is 79.8 Å². The lowest BCUT2D eigenvalue weighted by molar-refractivity contribution is -0.130. The second kappa shape index (κ2) is 9.13. The van der Waals surface area contributed by atoms with Gasteiger partial charge in [0.1, 0.15) is 5.41 Å². The predicted octanol–water partition coefficient (Wildman–Crippen LogP) is 2.79. The van der Waals surface area contributed by atoms with E-state index in [-0.39, 0.29) is 30.6 Å². The lowest BCUT2D eigenvalue weighted by Crippen LogP contribution is -2.49. The Morgan fingerprint density at radius 2 is 1.75 bits per heavy atom. The molecular formula is C26H30N4O2. The Hall–Kier alpha value is -3.17. The maximum Gasteiger partial charge on any atom is 0.300 e. The zero-order chi connectivity index (χ0) is 22.7. The van der Waals surface area contributed by atoms with Crippen molar-refractivity contribution in [2.45, 2.75) is 56.7 Å². The summed E-state index contributed by atoms with van der Waals surface area (Å²) in [6, 6.07) is 16.0. The van der Waals surface area contributed by atoms with Crippen molar-refractivity contribution >= 4 is 11.8 Å². The fourth-order valence-corrected chi connectivity index (χ4v) is 5.38. The Labute approximate surface area is 189 Å². The van der Waals surface area contributed by atoms with Crippen molar-refractivity contribution in [1.82, 2.24) is 10.2 Å². The number of aryl methyl sites for hydroxylation is 2. The highest BCUT2D eigenvalue weighted by Crippen LogP contribution is 2.43. The van der Waals surface area contributed by atoms with E-state index >= 15 is 0 Å². The van der Waals surface area contributed by atoms with Crippen LogP contribution in [0.5, 0.6) is 0 Å². The molecule has 2 aliphatic rings. The number of carbonyl (C=O) groups is 2. The third-order valence-electron chi connectivity index (χ3n) is 6.94. The van der Waals surface area contributed by atoms with Gasteiger partial charge in [-0.05, 0) is 54.9 Å². The minimum absolute atomic E-state index is 0.0647. The van der Waals surface area contributed by atoms with Crippen molar-refractivity contribution < 1.29 is 9.59 Å². The molecule has 1 aliphatic heterocycles. The van der Waals surface area contributed by atoms with E-state index in [9.17, 15) is 9.59 Å². The number of likely N-dealkylation sites (tertiary alicyclic amines) is 1. The molecule has 3 N–H and O–H groups in total. The van der Waals surface area contributed by atoms with Crippen molar-refractivity contribution in [3.05, 3.63) is 82.2 Å². The quantitative estimate of drug-likeness (QED) is 0.692. The monoisotopic (exact) mass is 430 g/mol. The molecule has 6 nitrogen and oxygen atoms in total. The van der Waals surface area contributed by atoms with Gasteiger partial charge >= 0.3 is 6.17 Å². The average Bonchev–Trinajstić information content (AvgIpc) is 3.24. The van der Waals surface area contributed by atoms with Crippen LogP contribution >= 0.6 is 0 Å². The summed E-state index contributed by atoms with van der Waals surface area (Å²) in [4.78, 5) is 31.1. The molecule has 166 valence electrons. The number of hydrogen-bond donors (Lipinski definition) is 2. The first-order valence-corrected chi connectivity index (χ1v) is 11.3. The van der Waals surface area contributed by atoms with Crippen LogP contribution in [0.15, 0.2) is 48.5 Å². The summed E-state index contributed by atoms with van der Waals surface area (Å²) in [6.07, 6.45) is 3.42. The largest absolute Gasteiger partial charge is 0.369 e. The third-order valence-corrected chi connectivity index (χ3v) is 6.94. The second-order valence-electron chi connectivity index (χ2n) is 8.91. The van der Waals surface area contributed by atoms with Crippen LogP contribution in [-0.4, -0.2) is 42.0 Å². The van der Waals surface area contributed by atoms with Crippen molar-refractivity contribution in [3.8, 4) is 0 Å². The zero-order valence-corrected chi connectivity index (χ0v) is 18.5. The molecule has 1 fully saturated rings.